The first-order valence-electron chi connectivity index (χ1n) is 20.5. The molecule has 0 atom stereocenters. The van der Waals surface area contributed by atoms with Gasteiger partial charge in [-0.2, -0.15) is 9.97 Å². The van der Waals surface area contributed by atoms with Gasteiger partial charge in [-0.15, -0.1) is 0 Å². The molecule has 0 aliphatic carbocycles. The molecule has 0 saturated heterocycles. The van der Waals surface area contributed by atoms with Crippen molar-refractivity contribution in [3.63, 3.8) is 0 Å². The van der Waals surface area contributed by atoms with Crippen molar-refractivity contribution in [2.75, 3.05) is 0 Å². The predicted octanol–water partition coefficient (Wildman–Crippen LogP) is 14.0. The summed E-state index contributed by atoms with van der Waals surface area (Å²) in [6.07, 6.45) is 0. The number of nitrogens with zero attached hydrogens (tertiary/aromatic N) is 5. The van der Waals surface area contributed by atoms with Gasteiger partial charge in [0.15, 0.2) is 11.6 Å². The summed E-state index contributed by atoms with van der Waals surface area (Å²) >= 11 is 0. The molecule has 6 nitrogen and oxygen atoms in total. The molecule has 61 heavy (non-hydrogen) atoms. The van der Waals surface area contributed by atoms with Gasteiger partial charge >= 0.3 is 0 Å². The summed E-state index contributed by atoms with van der Waals surface area (Å²) in [5, 5.41) is 7.00. The van der Waals surface area contributed by atoms with Crippen LogP contribution >= 0.6 is 0 Å². The molecule has 0 fully saturated rings. The highest BCUT2D eigenvalue weighted by Crippen LogP contribution is 2.50. The minimum Gasteiger partial charge on any atom is -0.456 e. The van der Waals surface area contributed by atoms with E-state index in [0.29, 0.717) is 17.6 Å². The molecule has 6 heteroatoms. The van der Waals surface area contributed by atoms with Crippen LogP contribution in [-0.4, -0.2) is 24.1 Å². The van der Waals surface area contributed by atoms with Crippen LogP contribution in [0.4, 0.5) is 0 Å². The number of rotatable bonds is 5. The summed E-state index contributed by atoms with van der Waals surface area (Å²) in [5.74, 6) is 3.59. The number of aromatic nitrogens is 5. The van der Waals surface area contributed by atoms with Gasteiger partial charge < -0.3 is 9.30 Å². The van der Waals surface area contributed by atoms with E-state index in [9.17, 15) is 0 Å². The van der Waals surface area contributed by atoms with Crippen molar-refractivity contribution in [1.29, 1.82) is 0 Å². The SMILES string of the molecule is c1ccc(-c2nc(-c3ccccc3)nc(-n3c4ccccc4c4cc(-c5ccc6c7c8cccc9c8c(cc7n(-c7ccccc7)c6c5)Oc5ccccc5-9)ccc43)n2)cc1. The van der Waals surface area contributed by atoms with Crippen molar-refractivity contribution in [3.8, 4) is 68.2 Å². The molecule has 0 unspecified atom stereocenters. The maximum Gasteiger partial charge on any atom is 0.238 e. The largest absolute Gasteiger partial charge is 0.456 e. The second-order valence-electron chi connectivity index (χ2n) is 15.6. The van der Waals surface area contributed by atoms with Crippen molar-refractivity contribution in [2.45, 2.75) is 0 Å². The van der Waals surface area contributed by atoms with Crippen LogP contribution in [0.25, 0.3) is 111 Å². The summed E-state index contributed by atoms with van der Waals surface area (Å²) in [7, 11) is 0. The van der Waals surface area contributed by atoms with Crippen LogP contribution in [-0.2, 0) is 0 Å². The van der Waals surface area contributed by atoms with Gasteiger partial charge in [-0.25, -0.2) is 4.98 Å². The molecular formula is C55H33N5O. The molecule has 9 aromatic carbocycles. The van der Waals surface area contributed by atoms with Crippen LogP contribution in [0.2, 0.25) is 0 Å². The Morgan fingerprint density at radius 2 is 0.951 bits per heavy atom. The van der Waals surface area contributed by atoms with Crippen molar-refractivity contribution in [2.24, 2.45) is 0 Å². The Bertz CT molecular complexity index is 3660. The highest BCUT2D eigenvalue weighted by Gasteiger charge is 2.25. The number of benzene rings is 9. The molecule has 0 bridgehead atoms. The minimum atomic E-state index is 0.575. The molecule has 1 aliphatic rings. The number of hydrogen-bond donors (Lipinski definition) is 0. The Balaban J connectivity index is 1.03. The fourth-order valence-corrected chi connectivity index (χ4v) is 9.45. The van der Waals surface area contributed by atoms with E-state index in [1.54, 1.807) is 0 Å². The van der Waals surface area contributed by atoms with E-state index in [4.69, 9.17) is 19.7 Å². The smallest absolute Gasteiger partial charge is 0.238 e. The molecule has 0 spiro atoms. The maximum absolute atomic E-state index is 6.68. The van der Waals surface area contributed by atoms with Crippen LogP contribution in [0, 0.1) is 0 Å². The van der Waals surface area contributed by atoms with Gasteiger partial charge in [0.1, 0.15) is 11.5 Å². The van der Waals surface area contributed by atoms with Gasteiger partial charge in [0, 0.05) is 55.4 Å². The van der Waals surface area contributed by atoms with E-state index in [1.807, 2.05) is 66.7 Å². The lowest BCUT2D eigenvalue weighted by atomic mass is 9.92. The molecule has 1 aliphatic heterocycles. The van der Waals surface area contributed by atoms with Crippen LogP contribution in [0.5, 0.6) is 11.5 Å². The summed E-state index contributed by atoms with van der Waals surface area (Å²) in [5.41, 5.74) is 11.8. The summed E-state index contributed by atoms with van der Waals surface area (Å²) in [6, 6.07) is 70.3. The van der Waals surface area contributed by atoms with Crippen molar-refractivity contribution < 1.29 is 4.74 Å². The zero-order chi connectivity index (χ0) is 40.0. The van der Waals surface area contributed by atoms with E-state index in [0.717, 1.165) is 83.2 Å². The van der Waals surface area contributed by atoms with Gasteiger partial charge in [-0.3, -0.25) is 4.57 Å². The summed E-state index contributed by atoms with van der Waals surface area (Å²) < 4.78 is 11.2. The third-order valence-electron chi connectivity index (χ3n) is 12.2. The number of hydrogen-bond acceptors (Lipinski definition) is 4. The molecule has 0 radical (unpaired) electrons. The zero-order valence-electron chi connectivity index (χ0n) is 32.7. The molecule has 3 aromatic heterocycles. The molecule has 0 saturated carbocycles. The molecule has 0 amide bonds. The van der Waals surface area contributed by atoms with E-state index >= 15 is 0 Å². The van der Waals surface area contributed by atoms with E-state index in [2.05, 4.69) is 143 Å². The molecule has 4 heterocycles. The average Bonchev–Trinajstić information content (AvgIpc) is 3.84. The Labute approximate surface area is 350 Å². The molecule has 12 aromatic rings. The lowest BCUT2D eigenvalue weighted by Crippen LogP contribution is -2.06. The monoisotopic (exact) mass is 779 g/mol. The zero-order valence-corrected chi connectivity index (χ0v) is 32.7. The molecule has 284 valence electrons. The highest BCUT2D eigenvalue weighted by atomic mass is 16.5. The van der Waals surface area contributed by atoms with Crippen LogP contribution < -0.4 is 4.74 Å². The molecule has 0 N–H and O–H groups in total. The summed E-state index contributed by atoms with van der Waals surface area (Å²) in [4.78, 5) is 15.2. The predicted molar refractivity (Wildman–Crippen MR) is 248 cm³/mol. The minimum absolute atomic E-state index is 0.575. The number of para-hydroxylation sites is 3. The maximum atomic E-state index is 6.68. The van der Waals surface area contributed by atoms with Gasteiger partial charge in [-0.05, 0) is 64.5 Å². The van der Waals surface area contributed by atoms with Crippen LogP contribution in [0.1, 0.15) is 0 Å². The topological polar surface area (TPSA) is 57.8 Å². The summed E-state index contributed by atoms with van der Waals surface area (Å²) in [6.45, 7) is 0. The lowest BCUT2D eigenvalue weighted by Gasteiger charge is -2.22. The van der Waals surface area contributed by atoms with Gasteiger partial charge in [0.05, 0.1) is 22.1 Å². The third-order valence-corrected chi connectivity index (χ3v) is 12.2. The van der Waals surface area contributed by atoms with Crippen LogP contribution in [0.3, 0.4) is 0 Å². The fourth-order valence-electron chi connectivity index (χ4n) is 9.45. The number of ether oxygens (including phenoxy) is 1. The Kier molecular flexibility index (Phi) is 7.21. The van der Waals surface area contributed by atoms with E-state index < -0.39 is 0 Å². The molecule has 13 rings (SSSR count). The van der Waals surface area contributed by atoms with Crippen molar-refractivity contribution in [3.05, 3.63) is 200 Å². The van der Waals surface area contributed by atoms with Crippen molar-refractivity contribution >= 4 is 54.4 Å². The first kappa shape index (κ1) is 33.6. The van der Waals surface area contributed by atoms with Gasteiger partial charge in [0.2, 0.25) is 5.95 Å². The van der Waals surface area contributed by atoms with Gasteiger partial charge in [-0.1, -0.05) is 152 Å². The van der Waals surface area contributed by atoms with E-state index in [-0.39, 0.29) is 0 Å². The fraction of sp³-hybridized carbons (Fsp3) is 0. The molecular weight excluding hydrogens is 747 g/mol. The first-order valence-corrected chi connectivity index (χ1v) is 20.5. The van der Waals surface area contributed by atoms with Crippen LogP contribution in [0.15, 0.2) is 200 Å². The Morgan fingerprint density at radius 1 is 0.328 bits per heavy atom. The average molecular weight is 780 g/mol. The second kappa shape index (κ2) is 13.1. The number of fused-ring (bicyclic) bond motifs is 9. The second-order valence-corrected chi connectivity index (χ2v) is 15.6. The lowest BCUT2D eigenvalue weighted by molar-refractivity contribution is 0.487. The van der Waals surface area contributed by atoms with Crippen molar-refractivity contribution in [1.82, 2.24) is 24.1 Å². The Hall–Kier alpha value is -8.35. The quantitative estimate of drug-likeness (QED) is 0.175. The van der Waals surface area contributed by atoms with E-state index in [1.165, 1.54) is 21.7 Å². The Morgan fingerprint density at radius 3 is 1.74 bits per heavy atom. The highest BCUT2D eigenvalue weighted by molar-refractivity contribution is 6.25. The normalized spacial score (nSPS) is 12.1. The van der Waals surface area contributed by atoms with Gasteiger partial charge in [0.25, 0.3) is 0 Å². The third kappa shape index (κ3) is 5.12. The first-order chi connectivity index (χ1) is 30.2. The standard InChI is InChI=1S/C55H33N5O/c1-4-15-34(16-5-1)53-56-54(35-17-6-2-7-18-35)58-55(57-53)60-45-25-12-10-21-39(45)44-31-36(28-30-46(44)60)37-27-29-42-47(32-37)59(38-19-8-3-9-20-38)48-33-50-52-41(23-14-24-43(52)51(42)48)40-22-11-13-26-49(40)61-50/h1-33H.